The quantitative estimate of drug-likeness (QED) is 0.891. The van der Waals surface area contributed by atoms with E-state index in [9.17, 15) is 9.59 Å². The van der Waals surface area contributed by atoms with E-state index in [0.29, 0.717) is 19.5 Å². The lowest BCUT2D eigenvalue weighted by Crippen LogP contribution is -2.55. The summed E-state index contributed by atoms with van der Waals surface area (Å²) in [6, 6.07) is 7.98. The van der Waals surface area contributed by atoms with Gasteiger partial charge in [0, 0.05) is 24.0 Å². The molecular formula is C16H19BrN2O2. The molecule has 3 rings (SSSR count). The number of benzene rings is 1. The Morgan fingerprint density at radius 3 is 2.48 bits per heavy atom. The molecule has 1 saturated heterocycles. The zero-order chi connectivity index (χ0) is 14.9. The largest absolute Gasteiger partial charge is 0.342 e. The number of amides is 2. The normalized spacial score (nSPS) is 21.5. The molecule has 0 bridgehead atoms. The van der Waals surface area contributed by atoms with Crippen LogP contribution >= 0.6 is 15.9 Å². The van der Waals surface area contributed by atoms with Crippen LogP contribution in [0.15, 0.2) is 28.7 Å². The highest BCUT2D eigenvalue weighted by atomic mass is 79.9. The molecule has 0 atom stereocenters. The average molecular weight is 351 g/mol. The lowest BCUT2D eigenvalue weighted by molar-refractivity contribution is -0.139. The fourth-order valence-electron chi connectivity index (χ4n) is 3.30. The molecule has 2 fully saturated rings. The number of halogens is 1. The number of nitrogens with one attached hydrogen (secondary N) is 1. The van der Waals surface area contributed by atoms with Gasteiger partial charge in [-0.05, 0) is 30.5 Å². The van der Waals surface area contributed by atoms with Crippen molar-refractivity contribution in [2.75, 3.05) is 6.54 Å². The molecule has 1 heterocycles. The van der Waals surface area contributed by atoms with Gasteiger partial charge >= 0.3 is 0 Å². The summed E-state index contributed by atoms with van der Waals surface area (Å²) in [5.74, 6) is 0.0947. The molecule has 0 aromatic heterocycles. The maximum Gasteiger partial charge on any atom is 0.248 e. The summed E-state index contributed by atoms with van der Waals surface area (Å²) in [5, 5.41) is 2.99. The molecule has 112 valence electrons. The van der Waals surface area contributed by atoms with Crippen molar-refractivity contribution in [2.45, 2.75) is 44.2 Å². The van der Waals surface area contributed by atoms with Crippen LogP contribution in [0.2, 0.25) is 0 Å². The van der Waals surface area contributed by atoms with E-state index >= 15 is 0 Å². The van der Waals surface area contributed by atoms with Crippen LogP contribution in [-0.2, 0) is 16.1 Å². The Morgan fingerprint density at radius 1 is 1.14 bits per heavy atom. The van der Waals surface area contributed by atoms with Crippen LogP contribution in [0.5, 0.6) is 0 Å². The van der Waals surface area contributed by atoms with Crippen molar-refractivity contribution in [2.24, 2.45) is 0 Å². The van der Waals surface area contributed by atoms with E-state index in [-0.39, 0.29) is 11.8 Å². The van der Waals surface area contributed by atoms with E-state index in [0.717, 1.165) is 35.7 Å². The SMILES string of the molecule is O=C1CCN(Cc2ccc(Br)cc2)C(=O)C2(CCCC2)N1. The van der Waals surface area contributed by atoms with E-state index in [4.69, 9.17) is 0 Å². The second-order valence-electron chi connectivity index (χ2n) is 5.94. The molecule has 1 aromatic carbocycles. The molecule has 1 saturated carbocycles. The Kier molecular flexibility index (Phi) is 4.02. The number of carbonyl (C=O) groups is 2. The fraction of sp³-hybridized carbons (Fsp3) is 0.500. The second kappa shape index (κ2) is 5.79. The molecular weight excluding hydrogens is 332 g/mol. The van der Waals surface area contributed by atoms with Gasteiger partial charge in [-0.25, -0.2) is 0 Å². The third-order valence-electron chi connectivity index (χ3n) is 4.43. The van der Waals surface area contributed by atoms with Gasteiger partial charge in [-0.2, -0.15) is 0 Å². The second-order valence-corrected chi connectivity index (χ2v) is 6.86. The first-order valence-electron chi connectivity index (χ1n) is 7.44. The summed E-state index contributed by atoms with van der Waals surface area (Å²) in [4.78, 5) is 26.7. The number of rotatable bonds is 2. The maximum absolute atomic E-state index is 12.9. The van der Waals surface area contributed by atoms with Crippen molar-refractivity contribution in [1.82, 2.24) is 10.2 Å². The number of hydrogen-bond acceptors (Lipinski definition) is 2. The van der Waals surface area contributed by atoms with Crippen LogP contribution in [0, 0.1) is 0 Å². The van der Waals surface area contributed by atoms with Crippen LogP contribution in [-0.4, -0.2) is 28.8 Å². The molecule has 2 amide bonds. The van der Waals surface area contributed by atoms with Crippen LogP contribution in [0.1, 0.15) is 37.7 Å². The summed E-state index contributed by atoms with van der Waals surface area (Å²) in [6.07, 6.45) is 3.96. The Hall–Kier alpha value is -1.36. The first-order chi connectivity index (χ1) is 10.1. The van der Waals surface area contributed by atoms with E-state index < -0.39 is 5.54 Å². The van der Waals surface area contributed by atoms with Crippen LogP contribution in [0.4, 0.5) is 0 Å². The van der Waals surface area contributed by atoms with Gasteiger partial charge in [-0.15, -0.1) is 0 Å². The third-order valence-corrected chi connectivity index (χ3v) is 4.96. The summed E-state index contributed by atoms with van der Waals surface area (Å²) in [5.41, 5.74) is 0.456. The van der Waals surface area contributed by atoms with Gasteiger partial charge in [0.1, 0.15) is 5.54 Å². The Bertz CT molecular complexity index is 550. The highest BCUT2D eigenvalue weighted by molar-refractivity contribution is 9.10. The molecule has 1 aliphatic carbocycles. The summed E-state index contributed by atoms with van der Waals surface area (Å²) in [6.45, 7) is 1.07. The van der Waals surface area contributed by atoms with Gasteiger partial charge in [0.25, 0.3) is 0 Å². The Labute approximate surface area is 133 Å². The summed E-state index contributed by atoms with van der Waals surface area (Å²) >= 11 is 3.42. The zero-order valence-corrected chi connectivity index (χ0v) is 13.5. The highest BCUT2D eigenvalue weighted by Crippen LogP contribution is 2.33. The Balaban J connectivity index is 1.81. The predicted octanol–water partition coefficient (Wildman–Crippen LogP) is 2.61. The first-order valence-corrected chi connectivity index (χ1v) is 8.23. The first kappa shape index (κ1) is 14.6. The third kappa shape index (κ3) is 2.98. The van der Waals surface area contributed by atoms with Crippen molar-refractivity contribution in [3.05, 3.63) is 34.3 Å². The molecule has 0 unspecified atom stereocenters. The molecule has 1 spiro atoms. The van der Waals surface area contributed by atoms with Crippen molar-refractivity contribution in [3.8, 4) is 0 Å². The van der Waals surface area contributed by atoms with E-state index in [1.54, 1.807) is 0 Å². The van der Waals surface area contributed by atoms with Gasteiger partial charge in [0.15, 0.2) is 0 Å². The van der Waals surface area contributed by atoms with Gasteiger partial charge in [0.05, 0.1) is 0 Å². The minimum Gasteiger partial charge on any atom is -0.342 e. The van der Waals surface area contributed by atoms with Gasteiger partial charge in [0.2, 0.25) is 11.8 Å². The summed E-state index contributed by atoms with van der Waals surface area (Å²) < 4.78 is 1.03. The molecule has 21 heavy (non-hydrogen) atoms. The molecule has 0 radical (unpaired) electrons. The van der Waals surface area contributed by atoms with Crippen molar-refractivity contribution >= 4 is 27.7 Å². The minimum absolute atomic E-state index is 0.00329. The molecule has 1 aromatic rings. The van der Waals surface area contributed by atoms with Gasteiger partial charge in [-0.3, -0.25) is 9.59 Å². The number of carbonyl (C=O) groups excluding carboxylic acids is 2. The van der Waals surface area contributed by atoms with E-state index in [2.05, 4.69) is 21.2 Å². The average Bonchev–Trinajstić information content (AvgIpc) is 2.90. The zero-order valence-electron chi connectivity index (χ0n) is 11.9. The maximum atomic E-state index is 12.9. The van der Waals surface area contributed by atoms with Crippen LogP contribution < -0.4 is 5.32 Å². The topological polar surface area (TPSA) is 49.4 Å². The lowest BCUT2D eigenvalue weighted by Gasteiger charge is -2.31. The Morgan fingerprint density at radius 2 is 1.81 bits per heavy atom. The van der Waals surface area contributed by atoms with Gasteiger partial charge in [-0.1, -0.05) is 40.9 Å². The molecule has 2 aliphatic rings. The lowest BCUT2D eigenvalue weighted by atomic mass is 9.95. The van der Waals surface area contributed by atoms with E-state index in [1.165, 1.54) is 0 Å². The minimum atomic E-state index is -0.636. The predicted molar refractivity (Wildman–Crippen MR) is 83.5 cm³/mol. The monoisotopic (exact) mass is 350 g/mol. The molecule has 4 nitrogen and oxygen atoms in total. The van der Waals surface area contributed by atoms with Crippen LogP contribution in [0.3, 0.4) is 0 Å². The number of hydrogen-bond donors (Lipinski definition) is 1. The van der Waals surface area contributed by atoms with Gasteiger partial charge < -0.3 is 10.2 Å². The van der Waals surface area contributed by atoms with Crippen LogP contribution in [0.25, 0.3) is 0 Å². The number of nitrogens with zero attached hydrogens (tertiary/aromatic N) is 1. The molecule has 5 heteroatoms. The smallest absolute Gasteiger partial charge is 0.248 e. The fourth-order valence-corrected chi connectivity index (χ4v) is 3.57. The van der Waals surface area contributed by atoms with E-state index in [1.807, 2.05) is 29.2 Å². The standard InChI is InChI=1S/C16H19BrN2O2/c17-13-5-3-12(4-6-13)11-19-10-7-14(20)18-16(15(19)21)8-1-2-9-16/h3-6H,1-2,7-11H2,(H,18,20). The van der Waals surface area contributed by atoms with Crippen molar-refractivity contribution in [1.29, 1.82) is 0 Å². The highest BCUT2D eigenvalue weighted by Gasteiger charge is 2.46. The van der Waals surface area contributed by atoms with Crippen molar-refractivity contribution in [3.63, 3.8) is 0 Å². The molecule has 1 N–H and O–H groups in total. The summed E-state index contributed by atoms with van der Waals surface area (Å²) in [7, 11) is 0. The molecule has 1 aliphatic heterocycles. The van der Waals surface area contributed by atoms with Crippen molar-refractivity contribution < 1.29 is 9.59 Å².